The molecule has 2 N–H and O–H groups in total. The highest BCUT2D eigenvalue weighted by atomic mass is 32.1. The van der Waals surface area contributed by atoms with E-state index in [4.69, 9.17) is 5.11 Å². The van der Waals surface area contributed by atoms with Crippen molar-refractivity contribution in [2.45, 2.75) is 24.9 Å². The normalized spacial score (nSPS) is 12.8. The molecule has 8 heteroatoms. The molecule has 0 fully saturated rings. The SMILES string of the molecule is O=C(NCC[C@H](CCO)c1cccs1)c1ccc(C(F)(F)F)nc1. The minimum absolute atomic E-state index is 0.0549. The first-order chi connectivity index (χ1) is 11.4. The summed E-state index contributed by atoms with van der Waals surface area (Å²) >= 11 is 1.59. The Hall–Kier alpha value is -1.93. The van der Waals surface area contributed by atoms with Crippen LogP contribution in [0.4, 0.5) is 13.2 Å². The molecule has 0 saturated heterocycles. The van der Waals surface area contributed by atoms with E-state index in [-0.39, 0.29) is 18.1 Å². The van der Waals surface area contributed by atoms with Crippen LogP contribution in [-0.2, 0) is 6.18 Å². The van der Waals surface area contributed by atoms with Crippen molar-refractivity contribution >= 4 is 17.2 Å². The average Bonchev–Trinajstić information content (AvgIpc) is 3.07. The molecule has 0 spiro atoms. The van der Waals surface area contributed by atoms with Crippen LogP contribution in [0.2, 0.25) is 0 Å². The molecule has 130 valence electrons. The van der Waals surface area contributed by atoms with Crippen molar-refractivity contribution in [2.75, 3.05) is 13.2 Å². The van der Waals surface area contributed by atoms with Crippen molar-refractivity contribution in [1.29, 1.82) is 0 Å². The molecule has 2 aromatic heterocycles. The van der Waals surface area contributed by atoms with Crippen LogP contribution in [-0.4, -0.2) is 29.1 Å². The predicted molar refractivity (Wildman–Crippen MR) is 85.0 cm³/mol. The summed E-state index contributed by atoms with van der Waals surface area (Å²) in [6.07, 6.45) is -2.37. The third-order valence-corrected chi connectivity index (χ3v) is 4.55. The quantitative estimate of drug-likeness (QED) is 0.797. The molecule has 0 bridgehead atoms. The minimum Gasteiger partial charge on any atom is -0.396 e. The maximum atomic E-state index is 12.4. The zero-order valence-corrected chi connectivity index (χ0v) is 13.5. The van der Waals surface area contributed by atoms with E-state index in [0.29, 0.717) is 19.4 Å². The number of nitrogens with zero attached hydrogens (tertiary/aromatic N) is 1. The fourth-order valence-electron chi connectivity index (χ4n) is 2.27. The number of halogens is 3. The Morgan fingerprint density at radius 3 is 2.62 bits per heavy atom. The predicted octanol–water partition coefficient (Wildman–Crippen LogP) is 3.45. The van der Waals surface area contributed by atoms with E-state index in [0.717, 1.165) is 23.2 Å². The fraction of sp³-hybridized carbons (Fsp3) is 0.375. The Morgan fingerprint density at radius 1 is 1.29 bits per heavy atom. The second-order valence-corrected chi connectivity index (χ2v) is 6.18. The Morgan fingerprint density at radius 2 is 2.08 bits per heavy atom. The van der Waals surface area contributed by atoms with E-state index in [1.807, 2.05) is 17.5 Å². The average molecular weight is 358 g/mol. The lowest BCUT2D eigenvalue weighted by Crippen LogP contribution is -2.26. The molecule has 0 aromatic carbocycles. The maximum absolute atomic E-state index is 12.4. The largest absolute Gasteiger partial charge is 0.433 e. The van der Waals surface area contributed by atoms with Gasteiger partial charge in [0, 0.05) is 24.2 Å². The number of pyridine rings is 1. The number of carbonyl (C=O) groups is 1. The molecule has 2 heterocycles. The molecule has 0 aliphatic heterocycles. The van der Waals surface area contributed by atoms with Crippen LogP contribution in [0.3, 0.4) is 0 Å². The number of aliphatic hydroxyl groups excluding tert-OH is 1. The van der Waals surface area contributed by atoms with Gasteiger partial charge in [-0.2, -0.15) is 13.2 Å². The summed E-state index contributed by atoms with van der Waals surface area (Å²) in [5, 5.41) is 13.8. The summed E-state index contributed by atoms with van der Waals surface area (Å²) in [5.74, 6) is -0.328. The molecule has 0 aliphatic carbocycles. The Labute approximate surface area is 141 Å². The summed E-state index contributed by atoms with van der Waals surface area (Å²) in [7, 11) is 0. The van der Waals surface area contributed by atoms with Gasteiger partial charge in [0.05, 0.1) is 5.56 Å². The van der Waals surface area contributed by atoms with E-state index in [1.54, 1.807) is 11.3 Å². The van der Waals surface area contributed by atoms with Gasteiger partial charge >= 0.3 is 6.18 Å². The number of amides is 1. The van der Waals surface area contributed by atoms with Gasteiger partial charge in [-0.05, 0) is 42.3 Å². The smallest absolute Gasteiger partial charge is 0.396 e. The van der Waals surface area contributed by atoms with Gasteiger partial charge in [-0.1, -0.05) is 6.07 Å². The number of aromatic nitrogens is 1. The second-order valence-electron chi connectivity index (χ2n) is 5.20. The van der Waals surface area contributed by atoms with Gasteiger partial charge in [0.2, 0.25) is 0 Å². The van der Waals surface area contributed by atoms with Crippen LogP contribution in [0.1, 0.15) is 39.7 Å². The van der Waals surface area contributed by atoms with Crippen LogP contribution >= 0.6 is 11.3 Å². The summed E-state index contributed by atoms with van der Waals surface area (Å²) in [6.45, 7) is 0.418. The van der Waals surface area contributed by atoms with E-state index in [9.17, 15) is 18.0 Å². The number of thiophene rings is 1. The third-order valence-electron chi connectivity index (χ3n) is 3.52. The second kappa shape index (κ2) is 8.25. The molecule has 0 saturated carbocycles. The van der Waals surface area contributed by atoms with Gasteiger partial charge in [-0.25, -0.2) is 0 Å². The molecular formula is C16H17F3N2O2S. The van der Waals surface area contributed by atoms with Crippen LogP contribution in [0.5, 0.6) is 0 Å². The van der Waals surface area contributed by atoms with E-state index in [1.165, 1.54) is 0 Å². The van der Waals surface area contributed by atoms with Gasteiger partial charge < -0.3 is 10.4 Å². The molecule has 24 heavy (non-hydrogen) atoms. The molecule has 0 radical (unpaired) electrons. The van der Waals surface area contributed by atoms with Gasteiger partial charge in [-0.3, -0.25) is 9.78 Å². The van der Waals surface area contributed by atoms with Crippen LogP contribution in [0.25, 0.3) is 0 Å². The van der Waals surface area contributed by atoms with E-state index in [2.05, 4.69) is 10.3 Å². The summed E-state index contributed by atoms with van der Waals surface area (Å²) in [6, 6.07) is 5.80. The highest BCUT2D eigenvalue weighted by Crippen LogP contribution is 2.28. The lowest BCUT2D eigenvalue weighted by molar-refractivity contribution is -0.141. The van der Waals surface area contributed by atoms with Crippen LogP contribution < -0.4 is 5.32 Å². The highest BCUT2D eigenvalue weighted by Gasteiger charge is 2.32. The van der Waals surface area contributed by atoms with Gasteiger partial charge in [0.15, 0.2) is 0 Å². The molecule has 4 nitrogen and oxygen atoms in total. The number of carbonyl (C=O) groups excluding carboxylic acids is 1. The zero-order valence-electron chi connectivity index (χ0n) is 12.7. The molecule has 1 amide bonds. The number of nitrogens with one attached hydrogen (secondary N) is 1. The molecule has 2 rings (SSSR count). The van der Waals surface area contributed by atoms with E-state index >= 15 is 0 Å². The Kier molecular flexibility index (Phi) is 6.33. The van der Waals surface area contributed by atoms with Gasteiger partial charge in [-0.15, -0.1) is 11.3 Å². The van der Waals surface area contributed by atoms with Crippen molar-refractivity contribution in [1.82, 2.24) is 10.3 Å². The van der Waals surface area contributed by atoms with Crippen LogP contribution in [0, 0.1) is 0 Å². The van der Waals surface area contributed by atoms with Crippen molar-refractivity contribution in [3.63, 3.8) is 0 Å². The topological polar surface area (TPSA) is 62.2 Å². The Balaban J connectivity index is 1.88. The summed E-state index contributed by atoms with van der Waals surface area (Å²) in [5.41, 5.74) is -0.947. The van der Waals surface area contributed by atoms with Crippen molar-refractivity contribution in [3.8, 4) is 0 Å². The first-order valence-corrected chi connectivity index (χ1v) is 8.25. The Bertz CT molecular complexity index is 642. The number of aliphatic hydroxyl groups is 1. The molecular weight excluding hydrogens is 341 g/mol. The highest BCUT2D eigenvalue weighted by molar-refractivity contribution is 7.10. The van der Waals surface area contributed by atoms with Crippen LogP contribution in [0.15, 0.2) is 35.8 Å². The summed E-state index contributed by atoms with van der Waals surface area (Å²) in [4.78, 5) is 16.4. The lowest BCUT2D eigenvalue weighted by atomic mass is 10.00. The molecule has 2 aromatic rings. The number of hydrogen-bond acceptors (Lipinski definition) is 4. The summed E-state index contributed by atoms with van der Waals surface area (Å²) < 4.78 is 37.3. The number of alkyl halides is 3. The first-order valence-electron chi connectivity index (χ1n) is 7.37. The maximum Gasteiger partial charge on any atom is 0.433 e. The van der Waals surface area contributed by atoms with Crippen molar-refractivity contribution < 1.29 is 23.1 Å². The lowest BCUT2D eigenvalue weighted by Gasteiger charge is -2.14. The zero-order chi connectivity index (χ0) is 17.6. The van der Waals surface area contributed by atoms with Gasteiger partial charge in [0.25, 0.3) is 5.91 Å². The van der Waals surface area contributed by atoms with E-state index < -0.39 is 17.8 Å². The monoisotopic (exact) mass is 358 g/mol. The number of rotatable bonds is 7. The molecule has 1 atom stereocenters. The first kappa shape index (κ1) is 18.4. The minimum atomic E-state index is -4.52. The van der Waals surface area contributed by atoms with Crippen molar-refractivity contribution in [2.24, 2.45) is 0 Å². The number of hydrogen-bond donors (Lipinski definition) is 2. The molecule has 0 unspecified atom stereocenters. The third kappa shape index (κ3) is 5.04. The van der Waals surface area contributed by atoms with Crippen molar-refractivity contribution in [3.05, 3.63) is 52.0 Å². The standard InChI is InChI=1S/C16H17F3N2O2S/c17-16(18,19)14-4-3-12(10-21-14)15(23)20-7-5-11(6-8-22)13-2-1-9-24-13/h1-4,9-11,22H,5-8H2,(H,20,23)/t11-/m1/s1. The fourth-order valence-corrected chi connectivity index (χ4v) is 3.17. The molecule has 0 aliphatic rings. The van der Waals surface area contributed by atoms with Gasteiger partial charge in [0.1, 0.15) is 5.69 Å².